The number of thiazole rings is 1. The molecule has 0 bridgehead atoms. The molecule has 1 unspecified atom stereocenters. The summed E-state index contributed by atoms with van der Waals surface area (Å²) in [4.78, 5) is 16.9. The van der Waals surface area contributed by atoms with Gasteiger partial charge < -0.3 is 10.0 Å². The predicted octanol–water partition coefficient (Wildman–Crippen LogP) is 1.44. The van der Waals surface area contributed by atoms with Crippen LogP contribution in [0.4, 0.5) is 0 Å². The number of carbonyl (C=O) groups is 1. The molecule has 0 radical (unpaired) electrons. The van der Waals surface area contributed by atoms with Crippen LogP contribution in [0, 0.1) is 0 Å². The summed E-state index contributed by atoms with van der Waals surface area (Å²) in [7, 11) is 4.03. The summed E-state index contributed by atoms with van der Waals surface area (Å²) in [6.45, 7) is 3.03. The summed E-state index contributed by atoms with van der Waals surface area (Å²) in [6.07, 6.45) is 0.0190. The summed E-state index contributed by atoms with van der Waals surface area (Å²) >= 11 is 1.54. The Bertz CT molecular complexity index is 336. The number of hydrogen-bond acceptors (Lipinski definition) is 4. The lowest BCUT2D eigenvalue weighted by Crippen LogP contribution is -2.18. The van der Waals surface area contributed by atoms with Gasteiger partial charge in [0.05, 0.1) is 17.1 Å². The van der Waals surface area contributed by atoms with Gasteiger partial charge in [0.15, 0.2) is 0 Å². The lowest BCUT2D eigenvalue weighted by molar-refractivity contribution is -0.136. The molecule has 15 heavy (non-hydrogen) atoms. The van der Waals surface area contributed by atoms with Crippen molar-refractivity contribution in [3.05, 3.63) is 16.1 Å². The molecule has 84 valence electrons. The zero-order valence-electron chi connectivity index (χ0n) is 9.23. The van der Waals surface area contributed by atoms with Crippen LogP contribution in [0.2, 0.25) is 0 Å². The van der Waals surface area contributed by atoms with Gasteiger partial charge in [-0.25, -0.2) is 4.98 Å². The van der Waals surface area contributed by atoms with Crippen molar-refractivity contribution in [2.45, 2.75) is 19.3 Å². The molecule has 5 heteroatoms. The molecule has 0 aliphatic carbocycles. The number of aromatic nitrogens is 1. The summed E-state index contributed by atoms with van der Waals surface area (Å²) in [6, 6.07) is 0. The second-order valence-electron chi connectivity index (χ2n) is 3.91. The molecular formula is C10H16N2O2S. The summed E-state index contributed by atoms with van der Waals surface area (Å²) in [5.74, 6) is -0.473. The van der Waals surface area contributed by atoms with Gasteiger partial charge >= 0.3 is 5.97 Å². The van der Waals surface area contributed by atoms with Gasteiger partial charge in [-0.1, -0.05) is 6.92 Å². The average Bonchev–Trinajstić information content (AvgIpc) is 2.50. The molecule has 0 saturated carbocycles. The Morgan fingerprint density at radius 3 is 2.87 bits per heavy atom. The van der Waals surface area contributed by atoms with Crippen molar-refractivity contribution >= 4 is 17.3 Å². The molecule has 1 heterocycles. The van der Waals surface area contributed by atoms with E-state index < -0.39 is 5.97 Å². The van der Waals surface area contributed by atoms with Gasteiger partial charge in [0.1, 0.15) is 0 Å². The highest BCUT2D eigenvalue weighted by Crippen LogP contribution is 2.20. The van der Waals surface area contributed by atoms with Crippen LogP contribution in [-0.4, -0.2) is 41.6 Å². The zero-order chi connectivity index (χ0) is 11.4. The van der Waals surface area contributed by atoms with Crippen LogP contribution in [0.25, 0.3) is 0 Å². The van der Waals surface area contributed by atoms with E-state index in [1.807, 2.05) is 19.5 Å². The number of carboxylic acid groups (broad SMARTS) is 1. The van der Waals surface area contributed by atoms with Gasteiger partial charge in [-0.3, -0.25) is 4.79 Å². The fourth-order valence-corrected chi connectivity index (χ4v) is 2.28. The number of likely N-dealkylation sites (N-methyl/N-ethyl adjacent to an activating group) is 1. The van der Waals surface area contributed by atoms with Crippen LogP contribution in [-0.2, 0) is 11.2 Å². The number of carboxylic acids is 1. The van der Waals surface area contributed by atoms with Gasteiger partial charge in [0.2, 0.25) is 0 Å². The molecule has 4 nitrogen and oxygen atoms in total. The maximum atomic E-state index is 10.5. The third-order valence-electron chi connectivity index (χ3n) is 1.96. The van der Waals surface area contributed by atoms with E-state index >= 15 is 0 Å². The fraction of sp³-hybridized carbons (Fsp3) is 0.600. The summed E-state index contributed by atoms with van der Waals surface area (Å²) in [5.41, 5.74) is 0.660. The third-order valence-corrected chi connectivity index (χ3v) is 3.09. The van der Waals surface area contributed by atoms with E-state index in [-0.39, 0.29) is 6.42 Å². The topological polar surface area (TPSA) is 53.4 Å². The van der Waals surface area contributed by atoms with Crippen molar-refractivity contribution in [2.24, 2.45) is 0 Å². The van der Waals surface area contributed by atoms with E-state index in [0.717, 1.165) is 11.6 Å². The first-order chi connectivity index (χ1) is 6.99. The molecule has 0 saturated heterocycles. The number of aliphatic carboxylic acids is 1. The highest BCUT2D eigenvalue weighted by molar-refractivity contribution is 7.09. The predicted molar refractivity (Wildman–Crippen MR) is 60.4 cm³/mol. The summed E-state index contributed by atoms with van der Waals surface area (Å²) in [5, 5.41) is 11.5. The van der Waals surface area contributed by atoms with Gasteiger partial charge in [0.25, 0.3) is 0 Å². The van der Waals surface area contributed by atoms with Crippen molar-refractivity contribution in [1.82, 2.24) is 9.88 Å². The van der Waals surface area contributed by atoms with Gasteiger partial charge in [-0.2, -0.15) is 0 Å². The minimum absolute atomic E-state index is 0.0190. The Labute approximate surface area is 93.6 Å². The average molecular weight is 228 g/mol. The molecule has 0 amide bonds. The van der Waals surface area contributed by atoms with Crippen molar-refractivity contribution in [2.75, 3.05) is 20.6 Å². The molecular weight excluding hydrogens is 212 g/mol. The van der Waals surface area contributed by atoms with Gasteiger partial charge in [-0.15, -0.1) is 11.3 Å². The van der Waals surface area contributed by atoms with Crippen LogP contribution < -0.4 is 0 Å². The molecule has 1 rings (SSSR count). The molecule has 1 aromatic heterocycles. The number of rotatable bonds is 5. The molecule has 0 aromatic carbocycles. The largest absolute Gasteiger partial charge is 0.481 e. The minimum Gasteiger partial charge on any atom is -0.481 e. The molecule has 0 fully saturated rings. The Hall–Kier alpha value is -0.940. The lowest BCUT2D eigenvalue weighted by Gasteiger charge is -2.14. The first-order valence-electron chi connectivity index (χ1n) is 4.80. The van der Waals surface area contributed by atoms with E-state index in [1.165, 1.54) is 0 Å². The molecule has 1 N–H and O–H groups in total. The molecule has 1 atom stereocenters. The maximum absolute atomic E-state index is 10.5. The normalized spacial score (nSPS) is 13.1. The number of hydrogen-bond donors (Lipinski definition) is 1. The van der Waals surface area contributed by atoms with Crippen molar-refractivity contribution in [1.29, 1.82) is 0 Å². The van der Waals surface area contributed by atoms with Crippen LogP contribution in [0.5, 0.6) is 0 Å². The van der Waals surface area contributed by atoms with E-state index in [9.17, 15) is 4.79 Å². The highest BCUT2D eigenvalue weighted by Gasteiger charge is 2.12. The Balaban J connectivity index is 2.62. The zero-order valence-corrected chi connectivity index (χ0v) is 10.0. The SMILES string of the molecule is CC(CN(C)C)c1nc(CC(=O)O)cs1. The molecule has 1 aromatic rings. The fourth-order valence-electron chi connectivity index (χ4n) is 1.41. The monoisotopic (exact) mass is 228 g/mol. The van der Waals surface area contributed by atoms with E-state index in [1.54, 1.807) is 11.3 Å². The van der Waals surface area contributed by atoms with E-state index in [0.29, 0.717) is 11.6 Å². The lowest BCUT2D eigenvalue weighted by atomic mass is 10.2. The third kappa shape index (κ3) is 3.97. The Kier molecular flexibility index (Phi) is 4.23. The molecule has 0 aliphatic heterocycles. The van der Waals surface area contributed by atoms with E-state index in [2.05, 4.69) is 16.8 Å². The van der Waals surface area contributed by atoms with Crippen molar-refractivity contribution in [3.8, 4) is 0 Å². The van der Waals surface area contributed by atoms with Crippen LogP contribution in [0.3, 0.4) is 0 Å². The number of nitrogens with zero attached hydrogens (tertiary/aromatic N) is 2. The standard InChI is InChI=1S/C10H16N2O2S/c1-7(5-12(2)3)10-11-8(6-15-10)4-9(13)14/h6-7H,4-5H2,1-3H3,(H,13,14). The second-order valence-corrected chi connectivity index (χ2v) is 4.80. The molecule has 0 spiro atoms. The second kappa shape index (κ2) is 5.23. The Morgan fingerprint density at radius 2 is 2.33 bits per heavy atom. The van der Waals surface area contributed by atoms with Crippen LogP contribution >= 0.6 is 11.3 Å². The van der Waals surface area contributed by atoms with Crippen molar-refractivity contribution < 1.29 is 9.90 Å². The van der Waals surface area contributed by atoms with Crippen LogP contribution in [0.1, 0.15) is 23.5 Å². The van der Waals surface area contributed by atoms with Gasteiger partial charge in [-0.05, 0) is 14.1 Å². The van der Waals surface area contributed by atoms with Crippen molar-refractivity contribution in [3.63, 3.8) is 0 Å². The quantitative estimate of drug-likeness (QED) is 0.828. The first kappa shape index (κ1) is 12.1. The van der Waals surface area contributed by atoms with Crippen LogP contribution in [0.15, 0.2) is 5.38 Å². The maximum Gasteiger partial charge on any atom is 0.309 e. The molecule has 0 aliphatic rings. The smallest absolute Gasteiger partial charge is 0.309 e. The first-order valence-corrected chi connectivity index (χ1v) is 5.68. The highest BCUT2D eigenvalue weighted by atomic mass is 32.1. The summed E-state index contributed by atoms with van der Waals surface area (Å²) < 4.78 is 0. The minimum atomic E-state index is -0.827. The van der Waals surface area contributed by atoms with Gasteiger partial charge in [0, 0.05) is 17.8 Å². The van der Waals surface area contributed by atoms with E-state index in [4.69, 9.17) is 5.11 Å². The Morgan fingerprint density at radius 1 is 1.67 bits per heavy atom.